The lowest BCUT2D eigenvalue weighted by Gasteiger charge is -2.38. The molecule has 0 bridgehead atoms. The predicted octanol–water partition coefficient (Wildman–Crippen LogP) is 1.46. The van der Waals surface area contributed by atoms with Gasteiger partial charge in [0.15, 0.2) is 5.82 Å². The third-order valence-electron chi connectivity index (χ3n) is 6.21. The van der Waals surface area contributed by atoms with E-state index in [9.17, 15) is 4.79 Å². The van der Waals surface area contributed by atoms with Crippen molar-refractivity contribution in [2.75, 3.05) is 19.6 Å². The van der Waals surface area contributed by atoms with Gasteiger partial charge < -0.3 is 15.2 Å². The van der Waals surface area contributed by atoms with E-state index in [1.807, 2.05) is 18.2 Å². The van der Waals surface area contributed by atoms with Crippen molar-refractivity contribution >= 4 is 5.91 Å². The molecule has 2 aromatic rings. The van der Waals surface area contributed by atoms with E-state index in [1.165, 1.54) is 0 Å². The summed E-state index contributed by atoms with van der Waals surface area (Å²) in [7, 11) is 0. The van der Waals surface area contributed by atoms with Crippen LogP contribution in [-0.2, 0) is 4.79 Å². The van der Waals surface area contributed by atoms with Gasteiger partial charge in [0.2, 0.25) is 11.8 Å². The van der Waals surface area contributed by atoms with E-state index in [0.29, 0.717) is 24.2 Å². The normalized spacial score (nSPS) is 26.0. The van der Waals surface area contributed by atoms with Crippen LogP contribution in [0.2, 0.25) is 0 Å². The molecule has 3 N–H and O–H groups in total. The van der Waals surface area contributed by atoms with Crippen molar-refractivity contribution in [3.05, 3.63) is 59.4 Å². The minimum Gasteiger partial charge on any atom is -0.339 e. The Labute approximate surface area is 169 Å². The highest BCUT2D eigenvalue weighted by atomic mass is 16.5. The largest absolute Gasteiger partial charge is 0.339 e. The van der Waals surface area contributed by atoms with Gasteiger partial charge in [0.1, 0.15) is 6.17 Å². The van der Waals surface area contributed by atoms with Gasteiger partial charge in [-0.2, -0.15) is 4.98 Å². The molecule has 3 aliphatic heterocycles. The highest BCUT2D eigenvalue weighted by molar-refractivity contribution is 5.89. The highest BCUT2D eigenvalue weighted by Crippen LogP contribution is 2.35. The smallest absolute Gasteiger partial charge is 0.247 e. The number of nitrogens with one attached hydrogen (secondary N) is 3. The molecular formula is C21H26N6O2. The van der Waals surface area contributed by atoms with E-state index in [0.717, 1.165) is 37.2 Å². The first-order valence-electron chi connectivity index (χ1n) is 10.3. The number of allylic oxidation sites excluding steroid dienone is 1. The zero-order valence-electron chi connectivity index (χ0n) is 16.5. The molecule has 8 nitrogen and oxygen atoms in total. The zero-order chi connectivity index (χ0) is 19.8. The maximum Gasteiger partial charge on any atom is 0.247 e. The molecule has 29 heavy (non-hydrogen) atoms. The molecule has 152 valence electrons. The fourth-order valence-corrected chi connectivity index (χ4v) is 4.51. The Morgan fingerprint density at radius 2 is 2.00 bits per heavy atom. The Morgan fingerprint density at radius 1 is 1.21 bits per heavy atom. The zero-order valence-corrected chi connectivity index (χ0v) is 16.5. The number of hydrogen-bond acceptors (Lipinski definition) is 7. The van der Waals surface area contributed by atoms with Crippen LogP contribution in [0.1, 0.15) is 48.9 Å². The standard InChI is InChI=1S/C21H26N6O2/c1-13(14-5-3-2-4-6-14)19-25-21(29-26-19)16-12-23-27-17(11-18(28)24-20(16)27)15-7-9-22-10-8-15/h2-6,11,13,15-16,20,22-23H,7-10,12H2,1H3,(H,24,28). The molecule has 8 heteroatoms. The van der Waals surface area contributed by atoms with Crippen LogP contribution < -0.4 is 16.1 Å². The average Bonchev–Trinajstić information content (AvgIpc) is 3.41. The number of fused-ring (bicyclic) bond motifs is 1. The van der Waals surface area contributed by atoms with Gasteiger partial charge in [-0.1, -0.05) is 42.4 Å². The van der Waals surface area contributed by atoms with E-state index in [1.54, 1.807) is 6.08 Å². The minimum absolute atomic E-state index is 0.0466. The molecule has 0 spiro atoms. The summed E-state index contributed by atoms with van der Waals surface area (Å²) in [6, 6.07) is 10.2. The number of aromatic nitrogens is 2. The molecule has 5 rings (SSSR count). The number of benzene rings is 1. The van der Waals surface area contributed by atoms with E-state index >= 15 is 0 Å². The summed E-state index contributed by atoms with van der Waals surface area (Å²) < 4.78 is 5.65. The van der Waals surface area contributed by atoms with Crippen LogP contribution in [0, 0.1) is 5.92 Å². The second-order valence-electron chi connectivity index (χ2n) is 8.01. The summed E-state index contributed by atoms with van der Waals surface area (Å²) in [5, 5.41) is 12.8. The number of piperidine rings is 1. The van der Waals surface area contributed by atoms with E-state index < -0.39 is 0 Å². The molecule has 3 atom stereocenters. The maximum atomic E-state index is 12.4. The molecule has 3 aliphatic rings. The lowest BCUT2D eigenvalue weighted by atomic mass is 9.92. The van der Waals surface area contributed by atoms with E-state index in [4.69, 9.17) is 9.51 Å². The van der Waals surface area contributed by atoms with Gasteiger partial charge in [0, 0.05) is 30.2 Å². The number of nitrogens with zero attached hydrogens (tertiary/aromatic N) is 3. The first-order valence-corrected chi connectivity index (χ1v) is 10.3. The molecule has 1 amide bonds. The summed E-state index contributed by atoms with van der Waals surface area (Å²) in [5.74, 6) is 1.52. The summed E-state index contributed by atoms with van der Waals surface area (Å²) in [4.78, 5) is 17.1. The van der Waals surface area contributed by atoms with Crippen molar-refractivity contribution in [2.24, 2.45) is 5.92 Å². The molecule has 1 aromatic heterocycles. The maximum absolute atomic E-state index is 12.4. The van der Waals surface area contributed by atoms with Crippen molar-refractivity contribution in [3.8, 4) is 0 Å². The Bertz CT molecular complexity index is 905. The Kier molecular flexibility index (Phi) is 4.81. The van der Waals surface area contributed by atoms with Crippen LogP contribution in [0.3, 0.4) is 0 Å². The van der Waals surface area contributed by atoms with Crippen LogP contribution >= 0.6 is 0 Å². The van der Waals surface area contributed by atoms with Crippen molar-refractivity contribution in [1.29, 1.82) is 0 Å². The summed E-state index contributed by atoms with van der Waals surface area (Å²) >= 11 is 0. The predicted molar refractivity (Wildman–Crippen MR) is 106 cm³/mol. The van der Waals surface area contributed by atoms with Crippen LogP contribution in [0.4, 0.5) is 0 Å². The van der Waals surface area contributed by atoms with Gasteiger partial charge in [0.05, 0.1) is 5.92 Å². The topological polar surface area (TPSA) is 95.3 Å². The quantitative estimate of drug-likeness (QED) is 0.723. The summed E-state index contributed by atoms with van der Waals surface area (Å²) in [6.45, 7) is 4.68. The lowest BCUT2D eigenvalue weighted by molar-refractivity contribution is -0.119. The van der Waals surface area contributed by atoms with Gasteiger partial charge in [0.25, 0.3) is 0 Å². The SMILES string of the molecule is CC(c1ccccc1)c1noc(C2CNN3C(C4CCNCC4)=CC(=O)NC23)n1. The first-order chi connectivity index (χ1) is 14.2. The molecule has 4 heterocycles. The molecule has 2 fully saturated rings. The monoisotopic (exact) mass is 394 g/mol. The molecule has 3 unspecified atom stereocenters. The van der Waals surface area contributed by atoms with Gasteiger partial charge in [-0.15, -0.1) is 0 Å². The Hall–Kier alpha value is -2.71. The van der Waals surface area contributed by atoms with Gasteiger partial charge in [-0.25, -0.2) is 5.43 Å². The van der Waals surface area contributed by atoms with E-state index in [-0.39, 0.29) is 23.9 Å². The second kappa shape index (κ2) is 7.61. The Morgan fingerprint density at radius 3 is 2.79 bits per heavy atom. The number of rotatable bonds is 4. The van der Waals surface area contributed by atoms with Crippen molar-refractivity contribution < 1.29 is 9.32 Å². The summed E-state index contributed by atoms with van der Waals surface area (Å²) in [5.41, 5.74) is 5.66. The molecule has 0 aliphatic carbocycles. The third kappa shape index (κ3) is 3.42. The van der Waals surface area contributed by atoms with Crippen LogP contribution in [-0.4, -0.2) is 46.9 Å². The number of carbonyl (C=O) groups excluding carboxylic acids is 1. The Balaban J connectivity index is 1.36. The fraction of sp³-hybridized carbons (Fsp3) is 0.476. The average molecular weight is 394 g/mol. The van der Waals surface area contributed by atoms with Crippen LogP contribution in [0.25, 0.3) is 0 Å². The molecule has 0 saturated carbocycles. The number of carbonyl (C=O) groups is 1. The number of hydrazine groups is 1. The highest BCUT2D eigenvalue weighted by Gasteiger charge is 2.44. The summed E-state index contributed by atoms with van der Waals surface area (Å²) in [6.07, 6.45) is 3.60. The third-order valence-corrected chi connectivity index (χ3v) is 6.21. The van der Waals surface area contributed by atoms with Crippen LogP contribution in [0.15, 0.2) is 46.6 Å². The van der Waals surface area contributed by atoms with Gasteiger partial charge in [-0.05, 0) is 31.5 Å². The number of amides is 1. The van der Waals surface area contributed by atoms with Gasteiger partial charge >= 0.3 is 0 Å². The van der Waals surface area contributed by atoms with E-state index in [2.05, 4.69) is 45.3 Å². The number of hydrogen-bond donors (Lipinski definition) is 3. The molecule has 1 aromatic carbocycles. The van der Waals surface area contributed by atoms with Crippen molar-refractivity contribution in [3.63, 3.8) is 0 Å². The second-order valence-corrected chi connectivity index (χ2v) is 8.01. The fourth-order valence-electron chi connectivity index (χ4n) is 4.51. The molecule has 2 saturated heterocycles. The molecular weight excluding hydrogens is 368 g/mol. The van der Waals surface area contributed by atoms with Crippen molar-refractivity contribution in [1.82, 2.24) is 31.2 Å². The van der Waals surface area contributed by atoms with Crippen LogP contribution in [0.5, 0.6) is 0 Å². The minimum atomic E-state index is -0.210. The first kappa shape index (κ1) is 18.3. The van der Waals surface area contributed by atoms with Gasteiger partial charge in [-0.3, -0.25) is 9.80 Å². The lowest BCUT2D eigenvalue weighted by Crippen LogP contribution is -2.53. The van der Waals surface area contributed by atoms with Crippen molar-refractivity contribution in [2.45, 2.75) is 37.8 Å². The molecule has 0 radical (unpaired) electrons.